The molecular weight excluding hydrogens is 364 g/mol. The Balaban J connectivity index is 1.46. The van der Waals surface area contributed by atoms with Gasteiger partial charge in [-0.15, -0.1) is 0 Å². The first-order chi connectivity index (χ1) is 13.2. The molecule has 1 aromatic carbocycles. The number of nitrogens with one attached hydrogen (secondary N) is 1. The van der Waals surface area contributed by atoms with Gasteiger partial charge in [-0.25, -0.2) is 14.6 Å². The van der Waals surface area contributed by atoms with Gasteiger partial charge in [-0.1, -0.05) is 17.7 Å². The van der Waals surface area contributed by atoms with Gasteiger partial charge in [-0.05, 0) is 37.1 Å². The molecule has 0 radical (unpaired) electrons. The standard InChI is InChI=1S/C19H19ClN6O/c20-15-5-1-6-16(10-15)24-19(27)14-4-2-8-25(12-14)17-11-18(22-13-21-17)26-9-3-7-23-26/h1,3,5-7,9-11,13-14H,2,4,8,12H2,(H,24,27). The number of carbonyl (C=O) groups excluding carboxylic acids is 1. The number of aromatic nitrogens is 4. The molecule has 1 atom stereocenters. The molecule has 1 amide bonds. The number of carbonyl (C=O) groups is 1. The highest BCUT2D eigenvalue weighted by atomic mass is 35.5. The quantitative estimate of drug-likeness (QED) is 0.750. The van der Waals surface area contributed by atoms with E-state index in [0.717, 1.165) is 25.2 Å². The summed E-state index contributed by atoms with van der Waals surface area (Å²) in [6.07, 6.45) is 6.85. The minimum Gasteiger partial charge on any atom is -0.356 e. The number of nitrogens with zero attached hydrogens (tertiary/aromatic N) is 5. The van der Waals surface area contributed by atoms with Gasteiger partial charge in [0, 0.05) is 42.3 Å². The molecule has 0 bridgehead atoms. The van der Waals surface area contributed by atoms with Crippen LogP contribution < -0.4 is 10.2 Å². The van der Waals surface area contributed by atoms with Crippen molar-refractivity contribution >= 4 is 29.0 Å². The Kier molecular flexibility index (Phi) is 5.02. The molecule has 0 spiro atoms. The minimum absolute atomic E-state index is 0.00308. The van der Waals surface area contributed by atoms with E-state index in [0.29, 0.717) is 23.1 Å². The predicted octanol–water partition coefficient (Wildman–Crippen LogP) is 3.17. The Morgan fingerprint density at radius 1 is 1.19 bits per heavy atom. The molecule has 138 valence electrons. The molecule has 3 heterocycles. The molecule has 2 aromatic heterocycles. The van der Waals surface area contributed by atoms with Crippen LogP contribution in [0.5, 0.6) is 0 Å². The fourth-order valence-corrected chi connectivity index (χ4v) is 3.44. The van der Waals surface area contributed by atoms with Crippen LogP contribution in [0.3, 0.4) is 0 Å². The minimum atomic E-state index is -0.110. The van der Waals surface area contributed by atoms with Crippen LogP contribution in [0.4, 0.5) is 11.5 Å². The number of piperidine rings is 1. The maximum absolute atomic E-state index is 12.7. The zero-order valence-corrected chi connectivity index (χ0v) is 15.4. The third-order valence-electron chi connectivity index (χ3n) is 4.59. The number of hydrogen-bond acceptors (Lipinski definition) is 5. The maximum atomic E-state index is 12.7. The molecule has 1 saturated heterocycles. The first-order valence-corrected chi connectivity index (χ1v) is 9.20. The molecule has 8 heteroatoms. The Bertz CT molecular complexity index is 929. The zero-order valence-electron chi connectivity index (χ0n) is 14.6. The lowest BCUT2D eigenvalue weighted by Gasteiger charge is -2.32. The van der Waals surface area contributed by atoms with Crippen molar-refractivity contribution in [2.24, 2.45) is 5.92 Å². The van der Waals surface area contributed by atoms with Crippen molar-refractivity contribution in [2.45, 2.75) is 12.8 Å². The van der Waals surface area contributed by atoms with Crippen molar-refractivity contribution in [2.75, 3.05) is 23.3 Å². The van der Waals surface area contributed by atoms with Gasteiger partial charge in [0.05, 0.1) is 5.92 Å². The number of amides is 1. The SMILES string of the molecule is O=C(Nc1cccc(Cl)c1)C1CCCN(c2cc(-n3cccn3)ncn2)C1. The van der Waals surface area contributed by atoms with E-state index in [1.807, 2.05) is 30.5 Å². The summed E-state index contributed by atoms with van der Waals surface area (Å²) in [6.45, 7) is 1.47. The van der Waals surface area contributed by atoms with Crippen LogP contribution in [0.25, 0.3) is 5.82 Å². The summed E-state index contributed by atoms with van der Waals surface area (Å²) in [5.41, 5.74) is 0.715. The number of hydrogen-bond donors (Lipinski definition) is 1. The Morgan fingerprint density at radius 3 is 2.89 bits per heavy atom. The van der Waals surface area contributed by atoms with Crippen LogP contribution in [0.15, 0.2) is 55.1 Å². The summed E-state index contributed by atoms with van der Waals surface area (Å²) in [7, 11) is 0. The first-order valence-electron chi connectivity index (χ1n) is 8.82. The zero-order chi connectivity index (χ0) is 18.6. The summed E-state index contributed by atoms with van der Waals surface area (Å²) in [6, 6.07) is 10.9. The van der Waals surface area contributed by atoms with E-state index < -0.39 is 0 Å². The topological polar surface area (TPSA) is 75.9 Å². The lowest BCUT2D eigenvalue weighted by atomic mass is 9.97. The van der Waals surface area contributed by atoms with E-state index >= 15 is 0 Å². The van der Waals surface area contributed by atoms with Gasteiger partial charge in [0.15, 0.2) is 5.82 Å². The molecule has 0 aliphatic carbocycles. The van der Waals surface area contributed by atoms with Crippen LogP contribution in [0.2, 0.25) is 5.02 Å². The summed E-state index contributed by atoms with van der Waals surface area (Å²) in [4.78, 5) is 23.5. The number of anilines is 2. The molecule has 1 aliphatic rings. The van der Waals surface area contributed by atoms with Gasteiger partial charge in [0.25, 0.3) is 0 Å². The summed E-state index contributed by atoms with van der Waals surface area (Å²) in [5, 5.41) is 7.77. The first kappa shape index (κ1) is 17.5. The lowest BCUT2D eigenvalue weighted by molar-refractivity contribution is -0.120. The lowest BCUT2D eigenvalue weighted by Crippen LogP contribution is -2.41. The van der Waals surface area contributed by atoms with Crippen LogP contribution in [0.1, 0.15) is 12.8 Å². The van der Waals surface area contributed by atoms with E-state index in [1.54, 1.807) is 23.0 Å². The number of halogens is 1. The fourth-order valence-electron chi connectivity index (χ4n) is 3.25. The average molecular weight is 383 g/mol. The molecule has 27 heavy (non-hydrogen) atoms. The monoisotopic (exact) mass is 382 g/mol. The van der Waals surface area contributed by atoms with Crippen LogP contribution >= 0.6 is 11.6 Å². The second-order valence-corrected chi connectivity index (χ2v) is 6.91. The van der Waals surface area contributed by atoms with Crippen LogP contribution in [-0.4, -0.2) is 38.7 Å². The van der Waals surface area contributed by atoms with E-state index in [2.05, 4.69) is 25.3 Å². The van der Waals surface area contributed by atoms with Crippen LogP contribution in [-0.2, 0) is 4.79 Å². The molecule has 1 aliphatic heterocycles. The maximum Gasteiger partial charge on any atom is 0.229 e. The summed E-state index contributed by atoms with van der Waals surface area (Å²) >= 11 is 5.99. The molecule has 7 nitrogen and oxygen atoms in total. The normalized spacial score (nSPS) is 16.9. The van der Waals surface area contributed by atoms with E-state index in [-0.39, 0.29) is 11.8 Å². The Morgan fingerprint density at radius 2 is 2.07 bits per heavy atom. The average Bonchev–Trinajstić information content (AvgIpc) is 3.23. The van der Waals surface area contributed by atoms with Crippen molar-refractivity contribution in [3.8, 4) is 5.82 Å². The largest absolute Gasteiger partial charge is 0.356 e. The molecular formula is C19H19ClN6O. The Labute approximate surface area is 162 Å². The molecule has 1 unspecified atom stereocenters. The third-order valence-corrected chi connectivity index (χ3v) is 4.82. The number of benzene rings is 1. The van der Waals surface area contributed by atoms with Gasteiger partial charge in [0.2, 0.25) is 5.91 Å². The summed E-state index contributed by atoms with van der Waals surface area (Å²) in [5.74, 6) is 1.40. The third kappa shape index (κ3) is 4.09. The van der Waals surface area contributed by atoms with Gasteiger partial charge in [0.1, 0.15) is 12.1 Å². The van der Waals surface area contributed by atoms with Crippen molar-refractivity contribution < 1.29 is 4.79 Å². The highest BCUT2D eigenvalue weighted by molar-refractivity contribution is 6.30. The molecule has 4 rings (SSSR count). The van der Waals surface area contributed by atoms with Gasteiger partial charge in [-0.2, -0.15) is 5.10 Å². The fraction of sp³-hybridized carbons (Fsp3) is 0.263. The predicted molar refractivity (Wildman–Crippen MR) is 104 cm³/mol. The second-order valence-electron chi connectivity index (χ2n) is 6.47. The molecule has 0 saturated carbocycles. The second kappa shape index (κ2) is 7.75. The molecule has 3 aromatic rings. The molecule has 1 N–H and O–H groups in total. The molecule has 1 fully saturated rings. The highest BCUT2D eigenvalue weighted by Gasteiger charge is 2.27. The van der Waals surface area contributed by atoms with Gasteiger partial charge in [-0.3, -0.25) is 4.79 Å². The van der Waals surface area contributed by atoms with E-state index in [9.17, 15) is 4.79 Å². The van der Waals surface area contributed by atoms with Gasteiger partial charge < -0.3 is 10.2 Å². The number of rotatable bonds is 4. The van der Waals surface area contributed by atoms with E-state index in [1.165, 1.54) is 6.33 Å². The van der Waals surface area contributed by atoms with Crippen molar-refractivity contribution in [1.29, 1.82) is 0 Å². The van der Waals surface area contributed by atoms with Crippen LogP contribution in [0, 0.1) is 5.92 Å². The van der Waals surface area contributed by atoms with E-state index in [4.69, 9.17) is 11.6 Å². The smallest absolute Gasteiger partial charge is 0.229 e. The van der Waals surface area contributed by atoms with Crippen molar-refractivity contribution in [3.05, 3.63) is 60.1 Å². The van der Waals surface area contributed by atoms with Crippen molar-refractivity contribution in [1.82, 2.24) is 19.7 Å². The van der Waals surface area contributed by atoms with Gasteiger partial charge >= 0.3 is 0 Å². The van der Waals surface area contributed by atoms with Crippen molar-refractivity contribution in [3.63, 3.8) is 0 Å². The Hall–Kier alpha value is -2.93. The summed E-state index contributed by atoms with van der Waals surface area (Å²) < 4.78 is 1.69. The highest BCUT2D eigenvalue weighted by Crippen LogP contribution is 2.24.